The van der Waals surface area contributed by atoms with Gasteiger partial charge in [-0.15, -0.1) is 0 Å². The van der Waals surface area contributed by atoms with Crippen LogP contribution in [0, 0.1) is 11.8 Å². The molecule has 2 aliphatic rings. The van der Waals surface area contributed by atoms with Crippen LogP contribution in [0.25, 0.3) is 0 Å². The minimum absolute atomic E-state index is 0.0564. The van der Waals surface area contributed by atoms with Gasteiger partial charge in [0.05, 0.1) is 12.0 Å². The van der Waals surface area contributed by atoms with Crippen molar-refractivity contribution in [3.63, 3.8) is 0 Å². The Bertz CT molecular complexity index is 283. The van der Waals surface area contributed by atoms with Crippen molar-refractivity contribution in [1.82, 2.24) is 4.90 Å². The van der Waals surface area contributed by atoms with E-state index in [9.17, 15) is 4.79 Å². The molecule has 98 valence electrons. The molecule has 0 bridgehead atoms. The molecule has 1 heterocycles. The fourth-order valence-electron chi connectivity index (χ4n) is 3.07. The van der Waals surface area contributed by atoms with Crippen LogP contribution in [0.1, 0.15) is 32.6 Å². The summed E-state index contributed by atoms with van der Waals surface area (Å²) in [5, 5.41) is 0. The lowest BCUT2D eigenvalue weighted by molar-refractivity contribution is -0.140. The SMILES string of the molecule is COC1CN(C(=O)C2CCCC2N)CCC1C. The largest absolute Gasteiger partial charge is 0.379 e. The van der Waals surface area contributed by atoms with Gasteiger partial charge in [-0.2, -0.15) is 0 Å². The third-order valence-electron chi connectivity index (χ3n) is 4.39. The van der Waals surface area contributed by atoms with Crippen LogP contribution in [0.2, 0.25) is 0 Å². The highest BCUT2D eigenvalue weighted by molar-refractivity contribution is 5.80. The number of piperidine rings is 1. The molecule has 4 atom stereocenters. The number of hydrogen-bond donors (Lipinski definition) is 1. The van der Waals surface area contributed by atoms with Crippen LogP contribution in [0.15, 0.2) is 0 Å². The highest BCUT2D eigenvalue weighted by atomic mass is 16.5. The minimum atomic E-state index is 0.0564. The molecule has 0 radical (unpaired) electrons. The van der Waals surface area contributed by atoms with E-state index in [1.54, 1.807) is 7.11 Å². The third-order valence-corrected chi connectivity index (χ3v) is 4.39. The second kappa shape index (κ2) is 5.36. The Balaban J connectivity index is 1.95. The smallest absolute Gasteiger partial charge is 0.227 e. The van der Waals surface area contributed by atoms with Gasteiger partial charge < -0.3 is 15.4 Å². The highest BCUT2D eigenvalue weighted by Gasteiger charge is 2.36. The minimum Gasteiger partial charge on any atom is -0.379 e. The summed E-state index contributed by atoms with van der Waals surface area (Å²) < 4.78 is 5.45. The fourth-order valence-corrected chi connectivity index (χ4v) is 3.07. The summed E-state index contributed by atoms with van der Waals surface area (Å²) in [4.78, 5) is 14.3. The Morgan fingerprint density at radius 1 is 1.35 bits per heavy atom. The summed E-state index contributed by atoms with van der Waals surface area (Å²) in [6.07, 6.45) is 4.27. The maximum absolute atomic E-state index is 12.4. The second-order valence-electron chi connectivity index (χ2n) is 5.53. The summed E-state index contributed by atoms with van der Waals surface area (Å²) in [5.41, 5.74) is 6.00. The van der Waals surface area contributed by atoms with Crippen molar-refractivity contribution in [1.29, 1.82) is 0 Å². The van der Waals surface area contributed by atoms with Gasteiger partial charge in [0, 0.05) is 26.2 Å². The third kappa shape index (κ3) is 2.63. The van der Waals surface area contributed by atoms with Gasteiger partial charge in [-0.25, -0.2) is 0 Å². The molecule has 4 nitrogen and oxygen atoms in total. The molecule has 4 heteroatoms. The number of carbonyl (C=O) groups is 1. The van der Waals surface area contributed by atoms with Gasteiger partial charge in [0.1, 0.15) is 0 Å². The maximum Gasteiger partial charge on any atom is 0.227 e. The van der Waals surface area contributed by atoms with E-state index >= 15 is 0 Å². The summed E-state index contributed by atoms with van der Waals surface area (Å²) in [7, 11) is 1.73. The fraction of sp³-hybridized carbons (Fsp3) is 0.923. The number of rotatable bonds is 2. The Morgan fingerprint density at radius 3 is 2.71 bits per heavy atom. The molecule has 0 spiro atoms. The van der Waals surface area contributed by atoms with Crippen molar-refractivity contribution in [3.05, 3.63) is 0 Å². The number of likely N-dealkylation sites (tertiary alicyclic amines) is 1. The van der Waals surface area contributed by atoms with Crippen LogP contribution >= 0.6 is 0 Å². The van der Waals surface area contributed by atoms with Crippen molar-refractivity contribution < 1.29 is 9.53 Å². The van der Waals surface area contributed by atoms with Crippen LogP contribution in [-0.2, 0) is 9.53 Å². The van der Waals surface area contributed by atoms with Gasteiger partial charge in [-0.1, -0.05) is 13.3 Å². The van der Waals surface area contributed by atoms with E-state index in [1.165, 1.54) is 0 Å². The molecule has 0 aromatic rings. The van der Waals surface area contributed by atoms with E-state index in [1.807, 2.05) is 4.90 Å². The zero-order valence-electron chi connectivity index (χ0n) is 10.9. The van der Waals surface area contributed by atoms with E-state index in [-0.39, 0.29) is 24.0 Å². The number of carbonyl (C=O) groups excluding carboxylic acids is 1. The molecular weight excluding hydrogens is 216 g/mol. The Morgan fingerprint density at radius 2 is 2.12 bits per heavy atom. The van der Waals surface area contributed by atoms with Gasteiger partial charge in [0.15, 0.2) is 0 Å². The molecule has 17 heavy (non-hydrogen) atoms. The van der Waals surface area contributed by atoms with Gasteiger partial charge in [0.25, 0.3) is 0 Å². The molecule has 0 aromatic heterocycles. The van der Waals surface area contributed by atoms with Crippen molar-refractivity contribution in [2.45, 2.75) is 44.8 Å². The lowest BCUT2D eigenvalue weighted by atomic mass is 9.93. The predicted octanol–water partition coefficient (Wildman–Crippen LogP) is 0.997. The molecule has 0 aromatic carbocycles. The molecule has 4 unspecified atom stereocenters. The first-order valence-electron chi connectivity index (χ1n) is 6.70. The lowest BCUT2D eigenvalue weighted by Crippen LogP contribution is -2.50. The Hall–Kier alpha value is -0.610. The topological polar surface area (TPSA) is 55.6 Å². The Kier molecular flexibility index (Phi) is 4.05. The van der Waals surface area contributed by atoms with Crippen LogP contribution < -0.4 is 5.73 Å². The number of ether oxygens (including phenoxy) is 1. The average Bonchev–Trinajstić information content (AvgIpc) is 2.75. The zero-order valence-corrected chi connectivity index (χ0v) is 10.9. The molecule has 1 saturated heterocycles. The second-order valence-corrected chi connectivity index (χ2v) is 5.53. The number of nitrogens with zero attached hydrogens (tertiary/aromatic N) is 1. The summed E-state index contributed by atoms with van der Waals surface area (Å²) >= 11 is 0. The van der Waals surface area contributed by atoms with Crippen LogP contribution in [0.5, 0.6) is 0 Å². The van der Waals surface area contributed by atoms with Crippen LogP contribution in [-0.4, -0.2) is 43.2 Å². The van der Waals surface area contributed by atoms with Gasteiger partial charge in [-0.3, -0.25) is 4.79 Å². The molecule has 2 N–H and O–H groups in total. The summed E-state index contributed by atoms with van der Waals surface area (Å²) in [6, 6.07) is 0.0721. The van der Waals surface area contributed by atoms with Crippen LogP contribution in [0.3, 0.4) is 0 Å². The van der Waals surface area contributed by atoms with E-state index in [0.717, 1.165) is 38.8 Å². The first kappa shape index (κ1) is 12.8. The van der Waals surface area contributed by atoms with E-state index in [0.29, 0.717) is 5.92 Å². The van der Waals surface area contributed by atoms with Gasteiger partial charge >= 0.3 is 0 Å². The lowest BCUT2D eigenvalue weighted by Gasteiger charge is -2.37. The molecule has 1 amide bonds. The standard InChI is InChI=1S/C13H24N2O2/c1-9-6-7-15(8-12(9)17-2)13(16)10-4-3-5-11(10)14/h9-12H,3-8,14H2,1-2H3. The highest BCUT2D eigenvalue weighted by Crippen LogP contribution is 2.28. The summed E-state index contributed by atoms with van der Waals surface area (Å²) in [5.74, 6) is 0.853. The van der Waals surface area contributed by atoms with Crippen LogP contribution in [0.4, 0.5) is 0 Å². The molecule has 1 saturated carbocycles. The van der Waals surface area contributed by atoms with Gasteiger partial charge in [-0.05, 0) is 25.2 Å². The molecule has 2 rings (SSSR count). The van der Waals surface area contributed by atoms with Gasteiger partial charge in [0.2, 0.25) is 5.91 Å². The molecular formula is C13H24N2O2. The monoisotopic (exact) mass is 240 g/mol. The van der Waals surface area contributed by atoms with Crippen molar-refractivity contribution >= 4 is 5.91 Å². The van der Waals surface area contributed by atoms with Crippen molar-refractivity contribution in [2.75, 3.05) is 20.2 Å². The molecule has 1 aliphatic carbocycles. The first-order valence-corrected chi connectivity index (χ1v) is 6.70. The maximum atomic E-state index is 12.4. The molecule has 2 fully saturated rings. The summed E-state index contributed by atoms with van der Waals surface area (Å²) in [6.45, 7) is 3.79. The quantitative estimate of drug-likeness (QED) is 0.783. The number of methoxy groups -OCH3 is 1. The van der Waals surface area contributed by atoms with E-state index in [2.05, 4.69) is 6.92 Å². The number of nitrogens with two attached hydrogens (primary N) is 1. The molecule has 1 aliphatic heterocycles. The van der Waals surface area contributed by atoms with E-state index in [4.69, 9.17) is 10.5 Å². The Labute approximate surface area is 103 Å². The number of hydrogen-bond acceptors (Lipinski definition) is 3. The predicted molar refractivity (Wildman–Crippen MR) is 66.5 cm³/mol. The average molecular weight is 240 g/mol. The normalized spacial score (nSPS) is 38.4. The van der Waals surface area contributed by atoms with Crippen molar-refractivity contribution in [3.8, 4) is 0 Å². The zero-order chi connectivity index (χ0) is 12.4. The number of amides is 1. The van der Waals surface area contributed by atoms with Crippen molar-refractivity contribution in [2.24, 2.45) is 17.6 Å². The van der Waals surface area contributed by atoms with E-state index < -0.39 is 0 Å². The first-order chi connectivity index (χ1) is 8.13.